The highest BCUT2D eigenvalue weighted by Crippen LogP contribution is 2.44. The summed E-state index contributed by atoms with van der Waals surface area (Å²) in [6.07, 6.45) is -4.26. The average Bonchev–Trinajstić information content (AvgIpc) is 3.62. The molecule has 3 aliphatic rings. The summed E-state index contributed by atoms with van der Waals surface area (Å²) in [5.41, 5.74) is 6.84. The van der Waals surface area contributed by atoms with Crippen LogP contribution in [0.25, 0.3) is 11.1 Å². The molecule has 2 atom stereocenters. The summed E-state index contributed by atoms with van der Waals surface area (Å²) in [5.74, 6) is -1.17. The molecule has 1 aromatic heterocycles. The number of aromatic nitrogens is 2. The molecule has 0 aliphatic carbocycles. The number of hydrogen-bond acceptors (Lipinski definition) is 8. The molecule has 3 fully saturated rings. The van der Waals surface area contributed by atoms with Gasteiger partial charge in [0.2, 0.25) is 23.8 Å². The van der Waals surface area contributed by atoms with Crippen LogP contribution in [-0.2, 0) is 9.59 Å². The van der Waals surface area contributed by atoms with Gasteiger partial charge in [0, 0.05) is 54.9 Å². The molecule has 1 unspecified atom stereocenters. The number of nitrogens with zero attached hydrogens (tertiary/aromatic N) is 4. The lowest BCUT2D eigenvalue weighted by Gasteiger charge is -2.39. The SMILES string of the molecule is Nc1nc(O[C@H](c2ccc(Cl)cc2-c2cccc(N3CCCC3=O)c2)C(F)(F)F)cc(N2CCC3(CC2)CNC(C(=O)O)C3)n1. The number of anilines is 3. The van der Waals surface area contributed by atoms with Crippen LogP contribution in [0.2, 0.25) is 5.02 Å². The molecular formula is C31H32ClF3N6O4. The Morgan fingerprint density at radius 1 is 1.13 bits per heavy atom. The molecule has 0 radical (unpaired) electrons. The van der Waals surface area contributed by atoms with Gasteiger partial charge in [-0.15, -0.1) is 0 Å². The Bertz CT molecular complexity index is 1610. The summed E-state index contributed by atoms with van der Waals surface area (Å²) >= 11 is 6.27. The number of piperidine rings is 1. The van der Waals surface area contributed by atoms with Crippen molar-refractivity contribution in [1.29, 1.82) is 0 Å². The minimum Gasteiger partial charge on any atom is -0.480 e. The molecule has 1 amide bonds. The molecule has 3 saturated heterocycles. The first-order valence-corrected chi connectivity index (χ1v) is 15.1. The third kappa shape index (κ3) is 6.50. The highest BCUT2D eigenvalue weighted by atomic mass is 35.5. The van der Waals surface area contributed by atoms with E-state index >= 15 is 0 Å². The molecule has 2 aromatic carbocycles. The van der Waals surface area contributed by atoms with Crippen LogP contribution in [0.4, 0.5) is 30.6 Å². The van der Waals surface area contributed by atoms with Crippen molar-refractivity contribution in [3.63, 3.8) is 0 Å². The fourth-order valence-corrected chi connectivity index (χ4v) is 6.70. The number of benzene rings is 2. The molecule has 4 N–H and O–H groups in total. The van der Waals surface area contributed by atoms with Gasteiger partial charge in [0.25, 0.3) is 0 Å². The predicted molar refractivity (Wildman–Crippen MR) is 162 cm³/mol. The van der Waals surface area contributed by atoms with Gasteiger partial charge in [0.1, 0.15) is 11.9 Å². The quantitative estimate of drug-likeness (QED) is 0.316. The molecular weight excluding hydrogens is 613 g/mol. The number of nitrogen functional groups attached to an aromatic ring is 1. The standard InChI is InChI=1S/C31H32ClF3N6O4/c32-19-6-7-21(22(14-19)18-3-1-4-20(13-18)41-10-2-5-26(41)42)27(31(33,34)35)45-25-15-24(38-29(36)39-25)40-11-8-30(9-12-40)16-23(28(43)44)37-17-30/h1,3-4,6-7,13-15,23,27,37H,2,5,8-12,16-17H2,(H,43,44)(H2,36,38,39)/t23?,27-/m1/s1. The van der Waals surface area contributed by atoms with Crippen LogP contribution in [0.5, 0.6) is 5.88 Å². The normalized spacial score (nSPS) is 20.5. The number of hydrogen-bond donors (Lipinski definition) is 3. The third-order valence-corrected chi connectivity index (χ3v) is 9.12. The molecule has 45 heavy (non-hydrogen) atoms. The van der Waals surface area contributed by atoms with Gasteiger partial charge in [-0.2, -0.15) is 23.1 Å². The molecule has 3 aromatic rings. The Hall–Kier alpha value is -4.10. The fraction of sp³-hybridized carbons (Fsp3) is 0.419. The van der Waals surface area contributed by atoms with Gasteiger partial charge in [-0.05, 0) is 66.5 Å². The van der Waals surface area contributed by atoms with Gasteiger partial charge in [0.05, 0.1) is 0 Å². The number of nitrogens with two attached hydrogens (primary N) is 1. The summed E-state index contributed by atoms with van der Waals surface area (Å²) in [5, 5.41) is 12.7. The lowest BCUT2D eigenvalue weighted by Crippen LogP contribution is -2.41. The van der Waals surface area contributed by atoms with Crippen molar-refractivity contribution in [1.82, 2.24) is 15.3 Å². The van der Waals surface area contributed by atoms with Crippen LogP contribution in [0.15, 0.2) is 48.5 Å². The number of amides is 1. The Morgan fingerprint density at radius 2 is 1.91 bits per heavy atom. The summed E-state index contributed by atoms with van der Waals surface area (Å²) < 4.78 is 49.8. The minimum atomic E-state index is -4.85. The second-order valence-corrected chi connectivity index (χ2v) is 12.3. The predicted octanol–water partition coefficient (Wildman–Crippen LogP) is 5.22. The van der Waals surface area contributed by atoms with E-state index in [4.69, 9.17) is 22.1 Å². The van der Waals surface area contributed by atoms with Crippen molar-refractivity contribution in [2.45, 2.75) is 50.4 Å². The van der Waals surface area contributed by atoms with Crippen LogP contribution in [0.1, 0.15) is 43.8 Å². The van der Waals surface area contributed by atoms with E-state index in [0.29, 0.717) is 75.4 Å². The van der Waals surface area contributed by atoms with E-state index in [2.05, 4.69) is 15.3 Å². The Morgan fingerprint density at radius 3 is 2.58 bits per heavy atom. The Balaban J connectivity index is 1.28. The zero-order valence-corrected chi connectivity index (χ0v) is 24.9. The van der Waals surface area contributed by atoms with Gasteiger partial charge < -0.3 is 30.7 Å². The smallest absolute Gasteiger partial charge is 0.429 e. The minimum absolute atomic E-state index is 0.0413. The molecule has 10 nitrogen and oxygen atoms in total. The molecule has 0 bridgehead atoms. The molecule has 0 saturated carbocycles. The zero-order valence-electron chi connectivity index (χ0n) is 24.2. The number of rotatable bonds is 7. The lowest BCUT2D eigenvalue weighted by atomic mass is 9.76. The van der Waals surface area contributed by atoms with Crippen LogP contribution < -0.4 is 25.6 Å². The fourth-order valence-electron chi connectivity index (χ4n) is 6.53. The molecule has 1 spiro atoms. The maximum Gasteiger partial charge on any atom is 0.429 e. The van der Waals surface area contributed by atoms with Crippen molar-refractivity contribution in [2.24, 2.45) is 5.41 Å². The first-order valence-electron chi connectivity index (χ1n) is 14.7. The number of carboxylic acids is 1. The van der Waals surface area contributed by atoms with Gasteiger partial charge in [0.15, 0.2) is 0 Å². The lowest BCUT2D eigenvalue weighted by molar-refractivity contribution is -0.198. The number of nitrogens with one attached hydrogen (secondary N) is 1. The average molecular weight is 645 g/mol. The summed E-state index contributed by atoms with van der Waals surface area (Å²) in [4.78, 5) is 35.5. The number of carboxylic acid groups (broad SMARTS) is 1. The number of ether oxygens (including phenoxy) is 1. The van der Waals surface area contributed by atoms with Crippen molar-refractivity contribution in [3.05, 3.63) is 59.1 Å². The van der Waals surface area contributed by atoms with E-state index < -0.39 is 24.3 Å². The van der Waals surface area contributed by atoms with Crippen molar-refractivity contribution in [2.75, 3.05) is 41.7 Å². The molecule has 6 rings (SSSR count). The Labute approximate surface area is 262 Å². The number of aliphatic carboxylic acids is 1. The van der Waals surface area contributed by atoms with E-state index in [1.165, 1.54) is 24.3 Å². The van der Waals surface area contributed by atoms with Crippen LogP contribution >= 0.6 is 11.6 Å². The van der Waals surface area contributed by atoms with Gasteiger partial charge in [-0.1, -0.05) is 29.8 Å². The highest BCUT2D eigenvalue weighted by molar-refractivity contribution is 6.30. The number of alkyl halides is 3. The third-order valence-electron chi connectivity index (χ3n) is 8.89. The number of carbonyl (C=O) groups excluding carboxylic acids is 1. The van der Waals surface area contributed by atoms with Crippen LogP contribution in [0, 0.1) is 5.41 Å². The maximum atomic E-state index is 14.7. The van der Waals surface area contributed by atoms with Crippen molar-refractivity contribution in [3.8, 4) is 17.0 Å². The molecule has 14 heteroatoms. The van der Waals surface area contributed by atoms with Crippen LogP contribution in [0.3, 0.4) is 0 Å². The summed E-state index contributed by atoms with van der Waals surface area (Å²) in [6.45, 7) is 2.16. The van der Waals surface area contributed by atoms with E-state index in [-0.39, 0.29) is 39.3 Å². The first kappa shape index (κ1) is 30.9. The van der Waals surface area contributed by atoms with E-state index in [0.717, 1.165) is 0 Å². The topological polar surface area (TPSA) is 134 Å². The van der Waals surface area contributed by atoms with E-state index in [1.807, 2.05) is 4.90 Å². The first-order chi connectivity index (χ1) is 21.4. The summed E-state index contributed by atoms with van der Waals surface area (Å²) in [6, 6.07) is 11.6. The van der Waals surface area contributed by atoms with E-state index in [9.17, 15) is 27.9 Å². The van der Waals surface area contributed by atoms with Gasteiger partial charge in [-0.25, -0.2) is 0 Å². The molecule has 3 aliphatic heterocycles. The summed E-state index contributed by atoms with van der Waals surface area (Å²) in [7, 11) is 0. The maximum absolute atomic E-state index is 14.7. The second-order valence-electron chi connectivity index (χ2n) is 11.9. The van der Waals surface area contributed by atoms with Gasteiger partial charge in [-0.3, -0.25) is 9.59 Å². The molecule has 238 valence electrons. The van der Waals surface area contributed by atoms with Crippen molar-refractivity contribution < 1.29 is 32.6 Å². The van der Waals surface area contributed by atoms with E-state index in [1.54, 1.807) is 29.2 Å². The second kappa shape index (κ2) is 12.0. The number of carbonyl (C=O) groups is 2. The van der Waals surface area contributed by atoms with Gasteiger partial charge >= 0.3 is 12.1 Å². The monoisotopic (exact) mass is 644 g/mol. The largest absolute Gasteiger partial charge is 0.480 e. The van der Waals surface area contributed by atoms with Crippen molar-refractivity contribution >= 4 is 40.9 Å². The Kier molecular flexibility index (Phi) is 8.25. The number of halogens is 4. The molecule has 4 heterocycles. The zero-order chi connectivity index (χ0) is 31.9. The highest BCUT2D eigenvalue weighted by Gasteiger charge is 2.46. The van der Waals surface area contributed by atoms with Crippen LogP contribution in [-0.4, -0.2) is 65.3 Å².